The van der Waals surface area contributed by atoms with Gasteiger partial charge in [-0.1, -0.05) is 22.8 Å². The first-order valence-corrected chi connectivity index (χ1v) is 5.70. The molecule has 1 aromatic carbocycles. The topological polar surface area (TPSA) is 52.0 Å². The van der Waals surface area contributed by atoms with Crippen molar-refractivity contribution in [2.24, 2.45) is 0 Å². The van der Waals surface area contributed by atoms with Crippen LogP contribution in [0.3, 0.4) is 0 Å². The molecule has 0 fully saturated rings. The molecule has 0 radical (unpaired) electrons. The van der Waals surface area contributed by atoms with Gasteiger partial charge in [0.15, 0.2) is 0 Å². The van der Waals surface area contributed by atoms with E-state index in [-0.39, 0.29) is 0 Å². The number of benzene rings is 1. The largest absolute Gasteiger partial charge is 0.398 e. The van der Waals surface area contributed by atoms with E-state index in [1.165, 1.54) is 0 Å². The first-order valence-electron chi connectivity index (χ1n) is 4.33. The van der Waals surface area contributed by atoms with Gasteiger partial charge in [-0.15, -0.1) is 11.8 Å². The molecule has 0 aliphatic carbocycles. The van der Waals surface area contributed by atoms with Gasteiger partial charge in [-0.2, -0.15) is 0 Å². The van der Waals surface area contributed by atoms with Crippen LogP contribution in [-0.4, -0.2) is 5.16 Å². The highest BCUT2D eigenvalue weighted by Crippen LogP contribution is 2.34. The van der Waals surface area contributed by atoms with Gasteiger partial charge in [0.2, 0.25) is 0 Å². The van der Waals surface area contributed by atoms with E-state index < -0.39 is 0 Å². The lowest BCUT2D eigenvalue weighted by Gasteiger charge is -2.05. The number of anilines is 1. The smallest absolute Gasteiger partial charge is 0.146 e. The molecule has 78 valence electrons. The highest BCUT2D eigenvalue weighted by atomic mass is 35.5. The molecule has 1 aromatic heterocycles. The molecule has 0 saturated carbocycles. The quantitative estimate of drug-likeness (QED) is 0.661. The van der Waals surface area contributed by atoms with Gasteiger partial charge in [-0.05, 0) is 12.1 Å². The Bertz CT molecular complexity index is 424. The summed E-state index contributed by atoms with van der Waals surface area (Å²) >= 11 is 7.56. The molecule has 0 aliphatic heterocycles. The predicted octanol–water partition coefficient (Wildman–Crippen LogP) is 3.20. The Morgan fingerprint density at radius 3 is 2.93 bits per heavy atom. The van der Waals surface area contributed by atoms with E-state index in [9.17, 15) is 0 Å². The van der Waals surface area contributed by atoms with Crippen LogP contribution in [0.15, 0.2) is 39.9 Å². The van der Waals surface area contributed by atoms with Crippen molar-refractivity contribution < 1.29 is 4.52 Å². The average Bonchev–Trinajstić information content (AvgIpc) is 2.70. The first kappa shape index (κ1) is 10.4. The zero-order valence-electron chi connectivity index (χ0n) is 7.81. The molecule has 0 aliphatic rings. The molecular formula is C10H9ClN2OS. The normalized spacial score (nSPS) is 10.5. The molecule has 2 aromatic rings. The third-order valence-electron chi connectivity index (χ3n) is 1.85. The summed E-state index contributed by atoms with van der Waals surface area (Å²) in [4.78, 5) is 0.885. The molecule has 0 atom stereocenters. The van der Waals surface area contributed by atoms with E-state index in [2.05, 4.69) is 5.16 Å². The van der Waals surface area contributed by atoms with Gasteiger partial charge >= 0.3 is 0 Å². The molecule has 0 amide bonds. The molecule has 1 heterocycles. The Balaban J connectivity index is 2.11. The number of nitrogen functional groups attached to an aromatic ring is 1. The predicted molar refractivity (Wildman–Crippen MR) is 61.9 cm³/mol. The molecule has 15 heavy (non-hydrogen) atoms. The lowest BCUT2D eigenvalue weighted by atomic mass is 10.3. The number of rotatable bonds is 3. The summed E-state index contributed by atoms with van der Waals surface area (Å²) in [6.45, 7) is 0. The molecule has 0 bridgehead atoms. The number of aromatic nitrogens is 1. The lowest BCUT2D eigenvalue weighted by Crippen LogP contribution is -1.89. The van der Waals surface area contributed by atoms with Crippen LogP contribution in [0.2, 0.25) is 5.02 Å². The molecule has 2 rings (SSSR count). The first-order chi connectivity index (χ1) is 7.27. The SMILES string of the molecule is Nc1cccc(Cl)c1SCc1ccno1. The molecular weight excluding hydrogens is 232 g/mol. The minimum atomic E-state index is 0.666. The fourth-order valence-electron chi connectivity index (χ4n) is 1.14. The lowest BCUT2D eigenvalue weighted by molar-refractivity contribution is 0.395. The van der Waals surface area contributed by atoms with Crippen molar-refractivity contribution in [3.8, 4) is 0 Å². The Kier molecular flexibility index (Phi) is 3.18. The average molecular weight is 241 g/mol. The maximum Gasteiger partial charge on any atom is 0.146 e. The van der Waals surface area contributed by atoms with Crippen molar-refractivity contribution in [1.29, 1.82) is 0 Å². The Labute approximate surface area is 96.6 Å². The molecule has 5 heteroatoms. The highest BCUT2D eigenvalue weighted by Gasteiger charge is 2.06. The van der Waals surface area contributed by atoms with E-state index in [0.717, 1.165) is 10.7 Å². The molecule has 2 N–H and O–H groups in total. The van der Waals surface area contributed by atoms with Gasteiger partial charge in [-0.25, -0.2) is 0 Å². The fraction of sp³-hybridized carbons (Fsp3) is 0.100. The van der Waals surface area contributed by atoms with E-state index in [1.807, 2.05) is 24.3 Å². The summed E-state index contributed by atoms with van der Waals surface area (Å²) in [6, 6.07) is 7.30. The Morgan fingerprint density at radius 1 is 1.40 bits per heavy atom. The number of hydrogen-bond acceptors (Lipinski definition) is 4. The molecule has 0 spiro atoms. The van der Waals surface area contributed by atoms with Crippen molar-refractivity contribution in [1.82, 2.24) is 5.16 Å². The number of nitrogens with two attached hydrogens (primary N) is 1. The van der Waals surface area contributed by atoms with Crippen LogP contribution in [0.5, 0.6) is 0 Å². The second kappa shape index (κ2) is 4.59. The number of hydrogen-bond donors (Lipinski definition) is 1. The maximum atomic E-state index is 6.02. The van der Waals surface area contributed by atoms with Crippen LogP contribution in [-0.2, 0) is 5.75 Å². The van der Waals surface area contributed by atoms with Crippen LogP contribution in [0.1, 0.15) is 5.76 Å². The van der Waals surface area contributed by atoms with Crippen molar-refractivity contribution in [2.75, 3.05) is 5.73 Å². The summed E-state index contributed by atoms with van der Waals surface area (Å²) in [6.07, 6.45) is 1.62. The zero-order valence-corrected chi connectivity index (χ0v) is 9.39. The van der Waals surface area contributed by atoms with Gasteiger partial charge < -0.3 is 10.3 Å². The number of thioether (sulfide) groups is 1. The maximum absolute atomic E-state index is 6.02. The van der Waals surface area contributed by atoms with Gasteiger partial charge in [0.25, 0.3) is 0 Å². The summed E-state index contributed by atoms with van der Waals surface area (Å²) in [7, 11) is 0. The second-order valence-electron chi connectivity index (χ2n) is 2.93. The minimum absolute atomic E-state index is 0.666. The van der Waals surface area contributed by atoms with Gasteiger partial charge in [-0.3, -0.25) is 0 Å². The summed E-state index contributed by atoms with van der Waals surface area (Å²) in [5.74, 6) is 1.48. The summed E-state index contributed by atoms with van der Waals surface area (Å²) in [5.41, 5.74) is 6.50. The van der Waals surface area contributed by atoms with Crippen molar-refractivity contribution in [2.45, 2.75) is 10.6 Å². The van der Waals surface area contributed by atoms with Crippen molar-refractivity contribution >= 4 is 29.1 Å². The zero-order chi connectivity index (χ0) is 10.7. The van der Waals surface area contributed by atoms with E-state index >= 15 is 0 Å². The molecule has 0 unspecified atom stereocenters. The highest BCUT2D eigenvalue weighted by molar-refractivity contribution is 7.98. The van der Waals surface area contributed by atoms with Crippen LogP contribution >= 0.6 is 23.4 Å². The number of halogens is 1. The minimum Gasteiger partial charge on any atom is -0.398 e. The van der Waals surface area contributed by atoms with Crippen LogP contribution < -0.4 is 5.73 Å². The van der Waals surface area contributed by atoms with E-state index in [4.69, 9.17) is 21.9 Å². The van der Waals surface area contributed by atoms with Crippen LogP contribution in [0, 0.1) is 0 Å². The monoisotopic (exact) mass is 240 g/mol. The third-order valence-corrected chi connectivity index (χ3v) is 3.45. The summed E-state index contributed by atoms with van der Waals surface area (Å²) in [5, 5.41) is 4.29. The van der Waals surface area contributed by atoms with Crippen LogP contribution in [0.4, 0.5) is 5.69 Å². The number of nitrogens with zero attached hydrogens (tertiary/aromatic N) is 1. The van der Waals surface area contributed by atoms with Gasteiger partial charge in [0.1, 0.15) is 5.76 Å². The standard InChI is InChI=1S/C10H9ClN2OS/c11-8-2-1-3-9(12)10(8)15-6-7-4-5-13-14-7/h1-5H,6,12H2. The van der Waals surface area contributed by atoms with Crippen molar-refractivity contribution in [3.05, 3.63) is 41.2 Å². The fourth-order valence-corrected chi connectivity index (χ4v) is 2.36. The molecule has 0 saturated heterocycles. The Hall–Kier alpha value is -1.13. The molecule has 3 nitrogen and oxygen atoms in total. The summed E-state index contributed by atoms with van der Waals surface area (Å²) < 4.78 is 4.98. The van der Waals surface area contributed by atoms with E-state index in [1.54, 1.807) is 18.0 Å². The third kappa shape index (κ3) is 2.46. The second-order valence-corrected chi connectivity index (χ2v) is 4.32. The van der Waals surface area contributed by atoms with Gasteiger partial charge in [0, 0.05) is 16.6 Å². The Morgan fingerprint density at radius 2 is 2.27 bits per heavy atom. The van der Waals surface area contributed by atoms with Crippen molar-refractivity contribution in [3.63, 3.8) is 0 Å². The van der Waals surface area contributed by atoms with E-state index in [0.29, 0.717) is 16.5 Å². The van der Waals surface area contributed by atoms with Crippen LogP contribution in [0.25, 0.3) is 0 Å². The van der Waals surface area contributed by atoms with Gasteiger partial charge in [0.05, 0.1) is 17.0 Å².